The molecule has 1 aliphatic heterocycles. The first-order valence-electron chi connectivity index (χ1n) is 10.1. The Kier molecular flexibility index (Phi) is 5.62. The topological polar surface area (TPSA) is 48.3 Å². The van der Waals surface area contributed by atoms with Crippen LogP contribution in [0.25, 0.3) is 11.1 Å². The maximum absolute atomic E-state index is 15.2. The minimum absolute atomic E-state index is 0.00972. The molecule has 1 aromatic carbocycles. The van der Waals surface area contributed by atoms with E-state index in [9.17, 15) is 13.4 Å². The van der Waals surface area contributed by atoms with Crippen LogP contribution in [0.4, 0.5) is 13.2 Å². The van der Waals surface area contributed by atoms with Crippen LogP contribution in [0.5, 0.6) is 5.75 Å². The number of ether oxygens (including phenoxy) is 1. The first kappa shape index (κ1) is 21.9. The molecule has 4 nitrogen and oxygen atoms in total. The second kappa shape index (κ2) is 7.97. The van der Waals surface area contributed by atoms with Crippen molar-refractivity contribution in [3.8, 4) is 16.9 Å². The van der Waals surface area contributed by atoms with Crippen LogP contribution >= 0.6 is 0 Å². The number of aromatic nitrogens is 1. The van der Waals surface area contributed by atoms with E-state index in [0.29, 0.717) is 16.2 Å². The SMILES string of the molecule is COc1cccc(-c2c(C)c(CC3C(F)C=CCC3(C)F)c3n(c2=O)CCS3=O)c1F. The third-order valence-corrected chi connectivity index (χ3v) is 7.83. The summed E-state index contributed by atoms with van der Waals surface area (Å²) in [7, 11) is -0.132. The summed E-state index contributed by atoms with van der Waals surface area (Å²) >= 11 is 0. The summed E-state index contributed by atoms with van der Waals surface area (Å²) < 4.78 is 64.2. The zero-order valence-electron chi connectivity index (χ0n) is 17.6. The van der Waals surface area contributed by atoms with Gasteiger partial charge in [0.05, 0.1) is 23.5 Å². The van der Waals surface area contributed by atoms with Crippen LogP contribution in [0.2, 0.25) is 0 Å². The largest absolute Gasteiger partial charge is 0.494 e. The fraction of sp³-hybridized carbons (Fsp3) is 0.435. The van der Waals surface area contributed by atoms with Gasteiger partial charge in [-0.25, -0.2) is 13.2 Å². The van der Waals surface area contributed by atoms with Crippen molar-refractivity contribution in [3.05, 3.63) is 57.6 Å². The van der Waals surface area contributed by atoms with Gasteiger partial charge in [-0.1, -0.05) is 24.3 Å². The lowest BCUT2D eigenvalue weighted by Gasteiger charge is -2.35. The molecule has 2 aromatic rings. The summed E-state index contributed by atoms with van der Waals surface area (Å²) in [5, 5.41) is 0.298. The van der Waals surface area contributed by atoms with Crippen molar-refractivity contribution in [1.82, 2.24) is 4.57 Å². The quantitative estimate of drug-likeness (QED) is 0.652. The van der Waals surface area contributed by atoms with Gasteiger partial charge in [0, 0.05) is 23.8 Å². The van der Waals surface area contributed by atoms with Crippen LogP contribution in [0.15, 0.2) is 40.2 Å². The van der Waals surface area contributed by atoms with Gasteiger partial charge in [0.15, 0.2) is 11.6 Å². The Balaban J connectivity index is 1.96. The number of alkyl halides is 2. The summed E-state index contributed by atoms with van der Waals surface area (Å²) in [6.45, 7) is 3.20. The molecule has 0 amide bonds. The van der Waals surface area contributed by atoms with Crippen molar-refractivity contribution in [2.75, 3.05) is 12.9 Å². The van der Waals surface area contributed by atoms with Crippen molar-refractivity contribution in [2.24, 2.45) is 5.92 Å². The Bertz CT molecular complexity index is 1160. The van der Waals surface area contributed by atoms with Crippen molar-refractivity contribution in [1.29, 1.82) is 0 Å². The van der Waals surface area contributed by atoms with E-state index in [-0.39, 0.29) is 42.0 Å². The monoisotopic (exact) mass is 451 g/mol. The highest BCUT2D eigenvalue weighted by atomic mass is 32.2. The Hall–Kier alpha value is -2.35. The fourth-order valence-corrected chi connectivity index (χ4v) is 6.08. The molecule has 1 aliphatic carbocycles. The first-order valence-corrected chi connectivity index (χ1v) is 11.5. The first-order chi connectivity index (χ1) is 14.7. The normalized spacial score (nSPS) is 27.4. The van der Waals surface area contributed by atoms with E-state index in [1.165, 1.54) is 42.9 Å². The van der Waals surface area contributed by atoms with Crippen LogP contribution in [-0.2, 0) is 23.8 Å². The minimum atomic E-state index is -1.80. The Morgan fingerprint density at radius 2 is 2.10 bits per heavy atom. The Labute approximate surface area is 181 Å². The predicted octanol–water partition coefficient (Wildman–Crippen LogP) is 4.28. The van der Waals surface area contributed by atoms with Crippen molar-refractivity contribution in [3.63, 3.8) is 0 Å². The third-order valence-electron chi connectivity index (χ3n) is 6.38. The number of pyridine rings is 1. The van der Waals surface area contributed by atoms with E-state index in [0.717, 1.165) is 0 Å². The number of rotatable bonds is 4. The molecule has 0 spiro atoms. The minimum Gasteiger partial charge on any atom is -0.494 e. The molecule has 8 heteroatoms. The number of allylic oxidation sites excluding steroid dienone is 2. The molecule has 166 valence electrons. The van der Waals surface area contributed by atoms with E-state index in [1.807, 2.05) is 0 Å². The number of hydrogen-bond acceptors (Lipinski definition) is 3. The summed E-state index contributed by atoms with van der Waals surface area (Å²) in [6, 6.07) is 4.50. The molecule has 0 saturated carbocycles. The van der Waals surface area contributed by atoms with E-state index in [1.54, 1.807) is 13.0 Å². The lowest BCUT2D eigenvalue weighted by molar-refractivity contribution is 0.0518. The van der Waals surface area contributed by atoms with Crippen LogP contribution in [0, 0.1) is 18.7 Å². The molecule has 0 radical (unpaired) electrons. The van der Waals surface area contributed by atoms with Gasteiger partial charge in [0.2, 0.25) is 0 Å². The fourth-order valence-electron chi connectivity index (χ4n) is 4.61. The molecule has 0 fully saturated rings. The van der Waals surface area contributed by atoms with Gasteiger partial charge in [-0.15, -0.1) is 0 Å². The Morgan fingerprint density at radius 3 is 2.77 bits per heavy atom. The lowest BCUT2D eigenvalue weighted by atomic mass is 9.76. The van der Waals surface area contributed by atoms with E-state index >= 15 is 8.78 Å². The van der Waals surface area contributed by atoms with Crippen molar-refractivity contribution in [2.45, 2.75) is 50.1 Å². The number of nitrogens with zero attached hydrogens (tertiary/aromatic N) is 1. The van der Waals surface area contributed by atoms with Gasteiger partial charge in [0.1, 0.15) is 16.9 Å². The van der Waals surface area contributed by atoms with E-state index in [2.05, 4.69) is 0 Å². The molecule has 2 aliphatic rings. The maximum atomic E-state index is 15.2. The van der Waals surface area contributed by atoms with Crippen LogP contribution in [0.3, 0.4) is 0 Å². The molecule has 1 aromatic heterocycles. The number of methoxy groups -OCH3 is 1. The van der Waals surface area contributed by atoms with Gasteiger partial charge in [-0.3, -0.25) is 13.6 Å². The van der Waals surface area contributed by atoms with E-state index in [4.69, 9.17) is 4.74 Å². The average Bonchev–Trinajstić information content (AvgIpc) is 3.10. The Morgan fingerprint density at radius 1 is 1.35 bits per heavy atom. The summed E-state index contributed by atoms with van der Waals surface area (Å²) in [5.41, 5.74) is -1.24. The zero-order chi connectivity index (χ0) is 22.5. The summed E-state index contributed by atoms with van der Waals surface area (Å²) in [4.78, 5) is 13.3. The number of halogens is 3. The number of hydrogen-bond donors (Lipinski definition) is 0. The maximum Gasteiger partial charge on any atom is 0.259 e. The lowest BCUT2D eigenvalue weighted by Crippen LogP contribution is -2.40. The number of benzene rings is 1. The second-order valence-electron chi connectivity index (χ2n) is 8.28. The van der Waals surface area contributed by atoms with E-state index < -0.39 is 39.9 Å². The molecule has 4 rings (SSSR count). The van der Waals surface area contributed by atoms with Gasteiger partial charge in [-0.2, -0.15) is 0 Å². The predicted molar refractivity (Wildman–Crippen MR) is 114 cm³/mol. The highest BCUT2D eigenvalue weighted by molar-refractivity contribution is 7.85. The van der Waals surface area contributed by atoms with Crippen molar-refractivity contribution >= 4 is 10.8 Å². The third kappa shape index (κ3) is 3.54. The van der Waals surface area contributed by atoms with Crippen molar-refractivity contribution < 1.29 is 22.1 Å². The van der Waals surface area contributed by atoms with Gasteiger partial charge in [-0.05, 0) is 43.9 Å². The molecule has 0 saturated heterocycles. The highest BCUT2D eigenvalue weighted by Crippen LogP contribution is 2.40. The molecule has 4 atom stereocenters. The molecule has 31 heavy (non-hydrogen) atoms. The molecule has 0 N–H and O–H groups in total. The molecule has 4 unspecified atom stereocenters. The summed E-state index contributed by atoms with van der Waals surface area (Å²) in [6.07, 6.45) is 1.36. The molecular weight excluding hydrogens is 427 g/mol. The standard InChI is InChI=1S/C23H24F3NO3S/c1-13-15(12-16-17(24)7-5-9-23(16,2)26)22-27(10-11-31(22)29)21(28)19(13)14-6-4-8-18(30-3)20(14)25/h4-8,16-17H,9-12H2,1-3H3. The number of fused-ring (bicyclic) bond motifs is 1. The molecule has 0 bridgehead atoms. The summed E-state index contributed by atoms with van der Waals surface area (Å²) in [5.74, 6) is -1.46. The second-order valence-corrected chi connectivity index (χ2v) is 9.76. The average molecular weight is 452 g/mol. The molecule has 2 heterocycles. The highest BCUT2D eigenvalue weighted by Gasteiger charge is 2.42. The zero-order valence-corrected chi connectivity index (χ0v) is 18.4. The van der Waals surface area contributed by atoms with Crippen LogP contribution in [-0.4, -0.2) is 33.5 Å². The van der Waals surface area contributed by atoms with Crippen LogP contribution < -0.4 is 10.3 Å². The van der Waals surface area contributed by atoms with Gasteiger partial charge >= 0.3 is 0 Å². The van der Waals surface area contributed by atoms with Gasteiger partial charge in [0.25, 0.3) is 5.56 Å². The van der Waals surface area contributed by atoms with Crippen LogP contribution in [0.1, 0.15) is 24.5 Å². The molecular formula is C23H24F3NO3S. The smallest absolute Gasteiger partial charge is 0.259 e. The van der Waals surface area contributed by atoms with Gasteiger partial charge < -0.3 is 4.74 Å².